The van der Waals surface area contributed by atoms with E-state index in [1.807, 2.05) is 11.3 Å². The lowest BCUT2D eigenvalue weighted by molar-refractivity contribution is 0.332. The van der Waals surface area contributed by atoms with Gasteiger partial charge in [0.15, 0.2) is 0 Å². The highest BCUT2D eigenvalue weighted by atomic mass is 32.1. The minimum absolute atomic E-state index is 0.0229. The molecule has 0 radical (unpaired) electrons. The first-order chi connectivity index (χ1) is 43.9. The average molecular weight is 1230 g/mol. The fourth-order valence-electron chi connectivity index (χ4n) is 16.9. The van der Waals surface area contributed by atoms with Gasteiger partial charge in [-0.05, 0) is 221 Å². The maximum atomic E-state index is 2.75. The molecule has 0 spiro atoms. The van der Waals surface area contributed by atoms with Crippen molar-refractivity contribution in [2.75, 3.05) is 14.7 Å². The van der Waals surface area contributed by atoms with Crippen LogP contribution in [0.5, 0.6) is 0 Å². The quantitative estimate of drug-likeness (QED) is 0.147. The van der Waals surface area contributed by atoms with Crippen LogP contribution < -0.4 is 31.1 Å². The van der Waals surface area contributed by atoms with Crippen molar-refractivity contribution in [3.05, 3.63) is 239 Å². The van der Waals surface area contributed by atoms with Crippen LogP contribution in [0.2, 0.25) is 0 Å². The van der Waals surface area contributed by atoms with Crippen LogP contribution in [0.15, 0.2) is 194 Å². The molecule has 0 N–H and O–H groups in total. The Balaban J connectivity index is 1.12. The number of hydrogen-bond donors (Lipinski definition) is 0. The van der Waals surface area contributed by atoms with Gasteiger partial charge in [-0.15, -0.1) is 11.3 Å². The van der Waals surface area contributed by atoms with Gasteiger partial charge in [0, 0.05) is 65.5 Å². The number of nitrogens with zero attached hydrogens (tertiary/aromatic N) is 3. The second-order valence-corrected chi connectivity index (χ2v) is 34.8. The van der Waals surface area contributed by atoms with Gasteiger partial charge in [0.2, 0.25) is 0 Å². The second-order valence-electron chi connectivity index (χ2n) is 33.7. The molecule has 11 aromatic rings. The third-order valence-electron chi connectivity index (χ3n) is 22.1. The standard InChI is InChI=1S/C88H92BN3S/c1-54-45-66-69(88(17,18)53-87(66,15)16)51-73(54)92-74-46-56(63-28-24-30-79-80(63)64-27-22-23-29-78(64)93-79)31-41-70(74)89-71-50-67-68(86(13,14)44-43-85(67,11)12)52-75(71)91(72-42-36-59(84(8,9)10)47-65(72)55-25-20-19-21-26-55)76-48-62(49-77(92)81(76)89)90(60-37-32-57(33-38-60)82(2,3)4)61-39-34-58(35-40-61)83(5,6)7/h19-42,45-52H,43-44,53H2,1-18H3. The van der Waals surface area contributed by atoms with Gasteiger partial charge in [0.25, 0.3) is 6.71 Å². The highest BCUT2D eigenvalue weighted by molar-refractivity contribution is 7.26. The summed E-state index contributed by atoms with van der Waals surface area (Å²) >= 11 is 1.90. The maximum Gasteiger partial charge on any atom is 0.252 e. The zero-order chi connectivity index (χ0) is 65.4. The van der Waals surface area contributed by atoms with Crippen molar-refractivity contribution in [2.24, 2.45) is 0 Å². The van der Waals surface area contributed by atoms with Gasteiger partial charge in [-0.3, -0.25) is 0 Å². The lowest BCUT2D eigenvalue weighted by Gasteiger charge is -2.48. The number of fused-ring (bicyclic) bond motifs is 9. The Morgan fingerprint density at radius 2 is 0.903 bits per heavy atom. The van der Waals surface area contributed by atoms with Crippen LogP contribution in [0.1, 0.15) is 181 Å². The van der Waals surface area contributed by atoms with Gasteiger partial charge in [0.05, 0.1) is 11.4 Å². The van der Waals surface area contributed by atoms with Crippen LogP contribution >= 0.6 is 11.3 Å². The van der Waals surface area contributed by atoms with E-state index in [9.17, 15) is 0 Å². The third-order valence-corrected chi connectivity index (χ3v) is 23.2. The van der Waals surface area contributed by atoms with E-state index >= 15 is 0 Å². The van der Waals surface area contributed by atoms with Crippen LogP contribution in [-0.4, -0.2) is 6.71 Å². The molecular formula is C88H92BN3S. The molecule has 4 aliphatic rings. The van der Waals surface area contributed by atoms with Gasteiger partial charge in [-0.2, -0.15) is 0 Å². The molecule has 0 bridgehead atoms. The summed E-state index contributed by atoms with van der Waals surface area (Å²) in [5.41, 5.74) is 30.4. The molecule has 15 rings (SSSR count). The SMILES string of the molecule is Cc1cc2c(cc1N1c3cc(-c4cccc5sc6ccccc6c45)ccc3B3c4cc5c(cc4N(c4ccc(C(C)(C)C)cc4-c4ccccc4)c4cc(N(c6ccc(C(C)(C)C)cc6)c6ccc(C(C)(C)C)cc6)cc1c43)C(C)(C)CCC5(C)C)C(C)(C)CC2(C)C. The van der Waals surface area contributed by atoms with E-state index in [0.717, 1.165) is 36.3 Å². The summed E-state index contributed by atoms with van der Waals surface area (Å²) in [5.74, 6) is 0. The van der Waals surface area contributed by atoms with Crippen molar-refractivity contribution < 1.29 is 0 Å². The number of hydrogen-bond acceptors (Lipinski definition) is 4. The molecule has 3 heterocycles. The molecule has 0 atom stereocenters. The minimum Gasteiger partial charge on any atom is -0.311 e. The molecule has 2 aliphatic carbocycles. The molecule has 0 amide bonds. The highest BCUT2D eigenvalue weighted by Crippen LogP contribution is 2.57. The Morgan fingerprint density at radius 1 is 0.387 bits per heavy atom. The van der Waals surface area contributed by atoms with Crippen molar-refractivity contribution in [3.63, 3.8) is 0 Å². The molecule has 0 saturated heterocycles. The lowest BCUT2D eigenvalue weighted by Crippen LogP contribution is -2.62. The lowest BCUT2D eigenvalue weighted by atomic mass is 9.33. The number of benzene rings is 10. The number of anilines is 9. The van der Waals surface area contributed by atoms with E-state index < -0.39 is 0 Å². The fourth-order valence-corrected chi connectivity index (χ4v) is 18.1. The van der Waals surface area contributed by atoms with Crippen LogP contribution in [0.4, 0.5) is 51.2 Å². The largest absolute Gasteiger partial charge is 0.311 e. The molecule has 468 valence electrons. The third kappa shape index (κ3) is 9.94. The molecule has 93 heavy (non-hydrogen) atoms. The zero-order valence-electron chi connectivity index (χ0n) is 58.4. The van der Waals surface area contributed by atoms with Gasteiger partial charge < -0.3 is 14.7 Å². The molecule has 0 unspecified atom stereocenters. The van der Waals surface area contributed by atoms with E-state index in [1.54, 1.807) is 0 Å². The average Bonchev–Trinajstić information content (AvgIpc) is 1.06. The highest BCUT2D eigenvalue weighted by Gasteiger charge is 2.49. The van der Waals surface area contributed by atoms with E-state index in [1.165, 1.54) is 137 Å². The minimum atomic E-state index is -0.121. The first kappa shape index (κ1) is 61.1. The Morgan fingerprint density at radius 3 is 1.52 bits per heavy atom. The van der Waals surface area contributed by atoms with Crippen LogP contribution in [0.25, 0.3) is 42.4 Å². The molecule has 0 saturated carbocycles. The Hall–Kier alpha value is -8.12. The van der Waals surface area contributed by atoms with E-state index in [0.29, 0.717) is 0 Å². The maximum absolute atomic E-state index is 2.75. The second kappa shape index (κ2) is 20.9. The van der Waals surface area contributed by atoms with Crippen LogP contribution in [0, 0.1) is 6.92 Å². The van der Waals surface area contributed by atoms with Crippen LogP contribution in [-0.2, 0) is 37.9 Å². The van der Waals surface area contributed by atoms with Crippen molar-refractivity contribution in [3.8, 4) is 22.3 Å². The Labute approximate surface area is 559 Å². The first-order valence-corrected chi connectivity index (χ1v) is 35.1. The Kier molecular flexibility index (Phi) is 13.8. The van der Waals surface area contributed by atoms with Gasteiger partial charge >= 0.3 is 0 Å². The fraction of sp³-hybridized carbons (Fsp3) is 0.318. The summed E-state index contributed by atoms with van der Waals surface area (Å²) in [6, 6.07) is 76.9. The number of aryl methyl sites for hydroxylation is 1. The van der Waals surface area contributed by atoms with Crippen LogP contribution in [0.3, 0.4) is 0 Å². The topological polar surface area (TPSA) is 9.72 Å². The van der Waals surface area contributed by atoms with E-state index in [2.05, 4.69) is 333 Å². The van der Waals surface area contributed by atoms with Gasteiger partial charge in [-0.25, -0.2) is 0 Å². The summed E-state index contributed by atoms with van der Waals surface area (Å²) in [5, 5.41) is 2.64. The normalized spacial score (nSPS) is 16.6. The van der Waals surface area contributed by atoms with Gasteiger partial charge in [-0.1, -0.05) is 233 Å². The molecule has 3 nitrogen and oxygen atoms in total. The summed E-state index contributed by atoms with van der Waals surface area (Å²) < 4.78 is 2.63. The predicted molar refractivity (Wildman–Crippen MR) is 406 cm³/mol. The number of rotatable bonds is 7. The zero-order valence-corrected chi connectivity index (χ0v) is 59.2. The summed E-state index contributed by atoms with van der Waals surface area (Å²) in [4.78, 5) is 8.05. The summed E-state index contributed by atoms with van der Waals surface area (Å²) in [6.07, 6.45) is 3.33. The summed E-state index contributed by atoms with van der Waals surface area (Å²) in [6.45, 7) is 43.2. The van der Waals surface area contributed by atoms with Crippen molar-refractivity contribution >= 4 is 106 Å². The van der Waals surface area contributed by atoms with Gasteiger partial charge in [0.1, 0.15) is 0 Å². The molecule has 5 heteroatoms. The van der Waals surface area contributed by atoms with Crippen molar-refractivity contribution in [1.82, 2.24) is 0 Å². The smallest absolute Gasteiger partial charge is 0.252 e. The summed E-state index contributed by atoms with van der Waals surface area (Å²) in [7, 11) is 0. The monoisotopic (exact) mass is 1230 g/mol. The van der Waals surface area contributed by atoms with E-state index in [-0.39, 0.29) is 44.6 Å². The van der Waals surface area contributed by atoms with Crippen molar-refractivity contribution in [2.45, 2.75) is 182 Å². The molecule has 2 aliphatic heterocycles. The number of thiophene rings is 1. The first-order valence-electron chi connectivity index (χ1n) is 34.3. The molecular weight excluding hydrogens is 1140 g/mol. The Bertz CT molecular complexity index is 4780. The predicted octanol–water partition coefficient (Wildman–Crippen LogP) is 23.4. The van der Waals surface area contributed by atoms with E-state index in [4.69, 9.17) is 0 Å². The molecule has 1 aromatic heterocycles. The van der Waals surface area contributed by atoms with Crippen molar-refractivity contribution in [1.29, 1.82) is 0 Å². The molecule has 0 fully saturated rings. The molecule has 10 aromatic carbocycles.